The van der Waals surface area contributed by atoms with Gasteiger partial charge in [-0.1, -0.05) is 30.3 Å². The Morgan fingerprint density at radius 1 is 1.12 bits per heavy atom. The van der Waals surface area contributed by atoms with Crippen molar-refractivity contribution in [3.05, 3.63) is 58.4 Å². The normalized spacial score (nSPS) is 16.7. The summed E-state index contributed by atoms with van der Waals surface area (Å²) in [5.74, 6) is -0.00697. The second-order valence-corrected chi connectivity index (χ2v) is 5.87. The van der Waals surface area contributed by atoms with E-state index in [1.807, 2.05) is 30.3 Å². The summed E-state index contributed by atoms with van der Waals surface area (Å²) in [6.07, 6.45) is -0.0857. The van der Waals surface area contributed by atoms with Gasteiger partial charge < -0.3 is 14.3 Å². The van der Waals surface area contributed by atoms with Crippen LogP contribution in [-0.4, -0.2) is 17.0 Å². The predicted octanol–water partition coefficient (Wildman–Crippen LogP) is 3.52. The standard InChI is InChI=1S/C19H14O5/c1-10-7-13(20)18-15(23-10)9-14(21)17-12(8-16(22)24-19(17)18)11-5-3-2-4-6-11/h2-6,8-10,21H,7H2,1H3. The Kier molecular flexibility index (Phi) is 3.16. The molecule has 0 fully saturated rings. The molecule has 24 heavy (non-hydrogen) atoms. The molecule has 0 spiro atoms. The molecule has 2 aromatic carbocycles. The number of hydrogen-bond acceptors (Lipinski definition) is 5. The highest BCUT2D eigenvalue weighted by atomic mass is 16.5. The fraction of sp³-hybridized carbons (Fsp3) is 0.158. The van der Waals surface area contributed by atoms with Gasteiger partial charge in [0, 0.05) is 24.1 Å². The molecule has 0 aliphatic carbocycles. The lowest BCUT2D eigenvalue weighted by Gasteiger charge is -2.23. The van der Waals surface area contributed by atoms with Crippen molar-refractivity contribution in [3.63, 3.8) is 0 Å². The molecular weight excluding hydrogens is 308 g/mol. The molecule has 1 aliphatic rings. The third-order valence-corrected chi connectivity index (χ3v) is 4.12. The van der Waals surface area contributed by atoms with Crippen molar-refractivity contribution in [2.45, 2.75) is 19.4 Å². The maximum absolute atomic E-state index is 12.5. The number of hydrogen-bond donors (Lipinski definition) is 1. The van der Waals surface area contributed by atoms with Crippen LogP contribution in [0.4, 0.5) is 0 Å². The minimum absolute atomic E-state index is 0.0771. The molecule has 0 bridgehead atoms. The van der Waals surface area contributed by atoms with Crippen LogP contribution in [0, 0.1) is 0 Å². The monoisotopic (exact) mass is 322 g/mol. The lowest BCUT2D eigenvalue weighted by atomic mass is 9.94. The highest BCUT2D eigenvalue weighted by molar-refractivity contribution is 6.13. The van der Waals surface area contributed by atoms with Crippen LogP contribution in [0.25, 0.3) is 22.1 Å². The van der Waals surface area contributed by atoms with Crippen LogP contribution in [0.3, 0.4) is 0 Å². The first-order valence-corrected chi connectivity index (χ1v) is 7.63. The summed E-state index contributed by atoms with van der Waals surface area (Å²) < 4.78 is 10.9. The molecule has 0 radical (unpaired) electrons. The molecule has 1 N–H and O–H groups in total. The summed E-state index contributed by atoms with van der Waals surface area (Å²) in [6.45, 7) is 1.78. The summed E-state index contributed by atoms with van der Waals surface area (Å²) in [4.78, 5) is 24.5. The fourth-order valence-corrected chi connectivity index (χ4v) is 3.13. The van der Waals surface area contributed by atoms with Gasteiger partial charge in [-0.15, -0.1) is 0 Å². The van der Waals surface area contributed by atoms with Gasteiger partial charge in [0.1, 0.15) is 23.2 Å². The van der Waals surface area contributed by atoms with Crippen molar-refractivity contribution >= 4 is 16.8 Å². The molecule has 5 heteroatoms. The molecule has 4 rings (SSSR count). The van der Waals surface area contributed by atoms with Gasteiger partial charge in [0.25, 0.3) is 0 Å². The number of fused-ring (bicyclic) bond motifs is 3. The highest BCUT2D eigenvalue weighted by Gasteiger charge is 2.30. The van der Waals surface area contributed by atoms with Crippen LogP contribution in [0.1, 0.15) is 23.7 Å². The Bertz CT molecular complexity index is 1020. The quantitative estimate of drug-likeness (QED) is 0.694. The number of ether oxygens (including phenoxy) is 1. The van der Waals surface area contributed by atoms with Crippen molar-refractivity contribution in [2.24, 2.45) is 0 Å². The number of carbonyl (C=O) groups is 1. The van der Waals surface area contributed by atoms with Crippen molar-refractivity contribution < 1.29 is 19.1 Å². The Balaban J connectivity index is 2.13. The second-order valence-electron chi connectivity index (χ2n) is 5.87. The van der Waals surface area contributed by atoms with Crippen LogP contribution in [0.5, 0.6) is 11.5 Å². The Labute approximate surface area is 137 Å². The maximum Gasteiger partial charge on any atom is 0.336 e. The van der Waals surface area contributed by atoms with E-state index in [2.05, 4.69) is 0 Å². The molecule has 0 saturated heterocycles. The molecule has 120 valence electrons. The zero-order valence-electron chi connectivity index (χ0n) is 12.9. The van der Waals surface area contributed by atoms with E-state index in [1.54, 1.807) is 6.92 Å². The topological polar surface area (TPSA) is 76.7 Å². The highest BCUT2D eigenvalue weighted by Crippen LogP contribution is 2.42. The third kappa shape index (κ3) is 2.17. The van der Waals surface area contributed by atoms with Crippen LogP contribution in [-0.2, 0) is 0 Å². The van der Waals surface area contributed by atoms with Gasteiger partial charge in [0.15, 0.2) is 11.4 Å². The largest absolute Gasteiger partial charge is 0.507 e. The first-order chi connectivity index (χ1) is 11.5. The van der Waals surface area contributed by atoms with Gasteiger partial charge in [-0.25, -0.2) is 4.79 Å². The number of rotatable bonds is 1. The number of benzene rings is 2. The molecule has 3 aromatic rings. The lowest BCUT2D eigenvalue weighted by Crippen LogP contribution is -2.24. The van der Waals surface area contributed by atoms with Crippen LogP contribution < -0.4 is 10.4 Å². The zero-order chi connectivity index (χ0) is 16.8. The van der Waals surface area contributed by atoms with Crippen molar-refractivity contribution in [3.8, 4) is 22.6 Å². The molecule has 0 saturated carbocycles. The smallest absolute Gasteiger partial charge is 0.336 e. The van der Waals surface area contributed by atoms with Crippen LogP contribution >= 0.6 is 0 Å². The summed E-state index contributed by atoms with van der Waals surface area (Å²) in [7, 11) is 0. The molecule has 1 aromatic heterocycles. The fourth-order valence-electron chi connectivity index (χ4n) is 3.13. The van der Waals surface area contributed by atoms with Crippen molar-refractivity contribution in [1.82, 2.24) is 0 Å². The van der Waals surface area contributed by atoms with Gasteiger partial charge in [0.05, 0.1) is 5.39 Å². The van der Waals surface area contributed by atoms with Gasteiger partial charge in [0.2, 0.25) is 0 Å². The second kappa shape index (κ2) is 5.23. The number of Topliss-reactive ketones (excluding diaryl/α,β-unsaturated/α-hetero) is 1. The van der Waals surface area contributed by atoms with E-state index in [1.165, 1.54) is 12.1 Å². The molecule has 5 nitrogen and oxygen atoms in total. The van der Waals surface area contributed by atoms with Gasteiger partial charge in [-0.3, -0.25) is 4.79 Å². The molecule has 2 heterocycles. The van der Waals surface area contributed by atoms with E-state index in [9.17, 15) is 14.7 Å². The molecule has 1 atom stereocenters. The minimum atomic E-state index is -0.583. The van der Waals surface area contributed by atoms with Gasteiger partial charge >= 0.3 is 5.63 Å². The zero-order valence-corrected chi connectivity index (χ0v) is 12.9. The molecular formula is C19H14O5. The third-order valence-electron chi connectivity index (χ3n) is 4.12. The number of phenolic OH excluding ortho intramolecular Hbond substituents is 1. The number of ketones is 1. The molecule has 1 aliphatic heterocycles. The van der Waals surface area contributed by atoms with Crippen molar-refractivity contribution in [2.75, 3.05) is 0 Å². The first kappa shape index (κ1) is 14.5. The summed E-state index contributed by atoms with van der Waals surface area (Å²) in [6, 6.07) is 11.9. The average molecular weight is 322 g/mol. The van der Waals surface area contributed by atoms with E-state index in [0.717, 1.165) is 5.56 Å². The Morgan fingerprint density at radius 2 is 1.88 bits per heavy atom. The minimum Gasteiger partial charge on any atom is -0.507 e. The number of aromatic hydroxyl groups is 1. The van der Waals surface area contributed by atoms with E-state index in [0.29, 0.717) is 10.9 Å². The molecule has 1 unspecified atom stereocenters. The van der Waals surface area contributed by atoms with E-state index < -0.39 is 5.63 Å². The maximum atomic E-state index is 12.5. The van der Waals surface area contributed by atoms with Gasteiger partial charge in [-0.05, 0) is 12.5 Å². The van der Waals surface area contributed by atoms with Gasteiger partial charge in [-0.2, -0.15) is 0 Å². The number of phenols is 1. The van der Waals surface area contributed by atoms with Crippen LogP contribution in [0.15, 0.2) is 51.7 Å². The predicted molar refractivity (Wildman–Crippen MR) is 88.6 cm³/mol. The Morgan fingerprint density at radius 3 is 2.62 bits per heavy atom. The summed E-state index contributed by atoms with van der Waals surface area (Å²) in [5.41, 5.74) is 0.987. The van der Waals surface area contributed by atoms with Crippen molar-refractivity contribution in [1.29, 1.82) is 0 Å². The molecule has 0 amide bonds. The Hall–Kier alpha value is -3.08. The first-order valence-electron chi connectivity index (χ1n) is 7.63. The average Bonchev–Trinajstić information content (AvgIpc) is 2.54. The van der Waals surface area contributed by atoms with Crippen LogP contribution in [0.2, 0.25) is 0 Å². The SMILES string of the molecule is CC1CC(=O)c2c(cc(O)c3c(-c4ccccc4)cc(=O)oc23)O1. The van der Waals surface area contributed by atoms with E-state index >= 15 is 0 Å². The van der Waals surface area contributed by atoms with E-state index in [-0.39, 0.29) is 41.0 Å². The number of carbonyl (C=O) groups excluding carboxylic acids is 1. The van der Waals surface area contributed by atoms with E-state index in [4.69, 9.17) is 9.15 Å². The lowest BCUT2D eigenvalue weighted by molar-refractivity contribution is 0.0871. The summed E-state index contributed by atoms with van der Waals surface area (Å²) in [5, 5.41) is 10.8. The summed E-state index contributed by atoms with van der Waals surface area (Å²) >= 11 is 0.